The van der Waals surface area contributed by atoms with E-state index in [2.05, 4.69) is 50.9 Å². The Morgan fingerprint density at radius 1 is 1.04 bits per heavy atom. The first-order valence-corrected chi connectivity index (χ1v) is 11.4. The van der Waals surface area contributed by atoms with Crippen molar-refractivity contribution >= 4 is 0 Å². The van der Waals surface area contributed by atoms with Crippen molar-refractivity contribution in [2.24, 2.45) is 34.5 Å². The van der Waals surface area contributed by atoms with E-state index in [0.29, 0.717) is 10.8 Å². The van der Waals surface area contributed by atoms with Crippen molar-refractivity contribution in [1.82, 2.24) is 9.80 Å². The molecule has 146 valence electrons. The fraction of sp³-hybridized carbons (Fsp3) is 0.917. The maximum Gasteiger partial charge on any atom is 0.0127 e. The van der Waals surface area contributed by atoms with Crippen LogP contribution in [0.15, 0.2) is 11.6 Å². The molecule has 8 atom stereocenters. The predicted octanol–water partition coefficient (Wildman–Crippen LogP) is 4.81. The minimum Gasteiger partial charge on any atom is -0.306 e. The van der Waals surface area contributed by atoms with Gasteiger partial charge in [0.25, 0.3) is 0 Å². The number of rotatable bonds is 1. The van der Waals surface area contributed by atoms with Gasteiger partial charge in [-0.05, 0) is 114 Å². The monoisotopic (exact) mass is 356 g/mol. The Kier molecular flexibility index (Phi) is 3.98. The highest BCUT2D eigenvalue weighted by atomic mass is 15.2. The average molecular weight is 357 g/mol. The lowest BCUT2D eigenvalue weighted by Gasteiger charge is -2.58. The highest BCUT2D eigenvalue weighted by Gasteiger charge is 2.63. The van der Waals surface area contributed by atoms with E-state index in [4.69, 9.17) is 0 Å². The van der Waals surface area contributed by atoms with Crippen LogP contribution in [-0.4, -0.2) is 49.6 Å². The minimum absolute atomic E-state index is 0.519. The summed E-state index contributed by atoms with van der Waals surface area (Å²) in [5.41, 5.74) is 3.04. The molecule has 5 aliphatic rings. The Morgan fingerprint density at radius 2 is 1.81 bits per heavy atom. The molecule has 2 heteroatoms. The maximum atomic E-state index is 2.74. The zero-order valence-electron chi connectivity index (χ0n) is 17.8. The molecule has 0 radical (unpaired) electrons. The lowest BCUT2D eigenvalue weighted by atomic mass is 9.47. The molecule has 0 N–H and O–H groups in total. The van der Waals surface area contributed by atoms with Crippen LogP contribution in [0, 0.1) is 34.5 Å². The van der Waals surface area contributed by atoms with E-state index in [1.54, 1.807) is 0 Å². The van der Waals surface area contributed by atoms with Crippen molar-refractivity contribution in [3.05, 3.63) is 11.6 Å². The molecule has 5 rings (SSSR count). The average Bonchev–Trinajstić information content (AvgIpc) is 3.08. The normalized spacial score (nSPS) is 53.7. The van der Waals surface area contributed by atoms with Crippen molar-refractivity contribution < 1.29 is 0 Å². The molecule has 1 spiro atoms. The Balaban J connectivity index is 1.45. The Labute approximate surface area is 161 Å². The van der Waals surface area contributed by atoms with Crippen LogP contribution in [0.5, 0.6) is 0 Å². The highest BCUT2D eigenvalue weighted by molar-refractivity contribution is 5.26. The molecule has 0 amide bonds. The van der Waals surface area contributed by atoms with Crippen molar-refractivity contribution in [2.75, 3.05) is 27.7 Å². The van der Waals surface area contributed by atoms with Gasteiger partial charge in [0.15, 0.2) is 0 Å². The molecule has 26 heavy (non-hydrogen) atoms. The third-order valence-electron chi connectivity index (χ3n) is 10.4. The molecule has 4 aliphatic carbocycles. The van der Waals surface area contributed by atoms with Crippen LogP contribution >= 0.6 is 0 Å². The molecule has 0 bridgehead atoms. The number of nitrogens with zero attached hydrogens (tertiary/aromatic N) is 2. The largest absolute Gasteiger partial charge is 0.306 e. The van der Waals surface area contributed by atoms with E-state index in [-0.39, 0.29) is 0 Å². The second-order valence-corrected chi connectivity index (χ2v) is 11.2. The van der Waals surface area contributed by atoms with Gasteiger partial charge < -0.3 is 9.80 Å². The fourth-order valence-corrected chi connectivity index (χ4v) is 8.88. The van der Waals surface area contributed by atoms with Gasteiger partial charge in [0.2, 0.25) is 0 Å². The second kappa shape index (κ2) is 5.83. The molecule has 0 aromatic rings. The summed E-state index contributed by atoms with van der Waals surface area (Å²) in [6.45, 7) is 6.56. The van der Waals surface area contributed by atoms with Gasteiger partial charge in [-0.2, -0.15) is 0 Å². The smallest absolute Gasteiger partial charge is 0.0127 e. The van der Waals surface area contributed by atoms with E-state index in [1.807, 2.05) is 5.57 Å². The van der Waals surface area contributed by atoms with Gasteiger partial charge in [0, 0.05) is 18.6 Å². The summed E-state index contributed by atoms with van der Waals surface area (Å²) < 4.78 is 0. The van der Waals surface area contributed by atoms with Crippen molar-refractivity contribution in [3.63, 3.8) is 0 Å². The molecule has 4 fully saturated rings. The summed E-state index contributed by atoms with van der Waals surface area (Å²) >= 11 is 0. The van der Waals surface area contributed by atoms with E-state index in [1.165, 1.54) is 57.9 Å². The van der Waals surface area contributed by atoms with Gasteiger partial charge in [0.05, 0.1) is 0 Å². The summed E-state index contributed by atoms with van der Waals surface area (Å²) in [7, 11) is 6.95. The van der Waals surface area contributed by atoms with Crippen molar-refractivity contribution in [3.8, 4) is 0 Å². The lowest BCUT2D eigenvalue weighted by molar-refractivity contribution is -0.0430. The van der Waals surface area contributed by atoms with Crippen LogP contribution in [-0.2, 0) is 0 Å². The minimum atomic E-state index is 0.519. The molecule has 1 heterocycles. The third-order valence-corrected chi connectivity index (χ3v) is 10.4. The molecule has 0 aromatic carbocycles. The zero-order chi connectivity index (χ0) is 18.3. The zero-order valence-corrected chi connectivity index (χ0v) is 17.8. The van der Waals surface area contributed by atoms with Gasteiger partial charge >= 0.3 is 0 Å². The summed E-state index contributed by atoms with van der Waals surface area (Å²) in [5.74, 6) is 3.96. The first-order valence-electron chi connectivity index (χ1n) is 11.4. The standard InChI is InChI=1S/C24H40N2/c1-16-20-8-9-22-19-7-6-17-14-18(25(3)4)10-12-23(17,2)21(19)11-13-24(20,22)15-26(16)5/h6,16,18-22H,7-15H2,1-5H3/t16-,18-,19+,20?,21-,22-,23-,24?/m0/s1. The number of likely N-dealkylation sites (tertiary alicyclic amines) is 1. The molecule has 2 nitrogen and oxygen atoms in total. The number of hydrogen-bond donors (Lipinski definition) is 0. The van der Waals surface area contributed by atoms with Crippen LogP contribution < -0.4 is 0 Å². The quantitative estimate of drug-likeness (QED) is 0.622. The van der Waals surface area contributed by atoms with Gasteiger partial charge in [-0.25, -0.2) is 0 Å². The van der Waals surface area contributed by atoms with Crippen LogP contribution in [0.25, 0.3) is 0 Å². The van der Waals surface area contributed by atoms with Gasteiger partial charge in [-0.1, -0.05) is 18.6 Å². The first-order chi connectivity index (χ1) is 12.4. The summed E-state index contributed by atoms with van der Waals surface area (Å²) in [5, 5.41) is 0. The van der Waals surface area contributed by atoms with Crippen LogP contribution in [0.2, 0.25) is 0 Å². The van der Waals surface area contributed by atoms with Gasteiger partial charge in [0.1, 0.15) is 0 Å². The predicted molar refractivity (Wildman–Crippen MR) is 109 cm³/mol. The number of fused-ring (bicyclic) bond motifs is 4. The summed E-state index contributed by atoms with van der Waals surface area (Å²) in [4.78, 5) is 5.17. The van der Waals surface area contributed by atoms with Crippen LogP contribution in [0.1, 0.15) is 65.2 Å². The highest BCUT2D eigenvalue weighted by Crippen LogP contribution is 2.68. The number of hydrogen-bond acceptors (Lipinski definition) is 2. The molecule has 1 aliphatic heterocycles. The molecule has 1 saturated heterocycles. The van der Waals surface area contributed by atoms with Crippen molar-refractivity contribution in [1.29, 1.82) is 0 Å². The maximum absolute atomic E-state index is 2.74. The molecular weight excluding hydrogens is 316 g/mol. The van der Waals surface area contributed by atoms with E-state index in [9.17, 15) is 0 Å². The molecule has 3 saturated carbocycles. The van der Waals surface area contributed by atoms with E-state index >= 15 is 0 Å². The second-order valence-electron chi connectivity index (χ2n) is 11.2. The molecular formula is C24H40N2. The summed E-state index contributed by atoms with van der Waals surface area (Å²) in [6.07, 6.45) is 14.4. The van der Waals surface area contributed by atoms with Gasteiger partial charge in [-0.3, -0.25) is 0 Å². The van der Waals surface area contributed by atoms with Crippen LogP contribution in [0.3, 0.4) is 0 Å². The lowest BCUT2D eigenvalue weighted by Crippen LogP contribution is -2.52. The Bertz CT molecular complexity index is 609. The van der Waals surface area contributed by atoms with Crippen molar-refractivity contribution in [2.45, 2.75) is 77.3 Å². The SMILES string of the molecule is C[C@H]1C2CC[C@H]3[C@@H]4CC=C5C[C@@H](N(C)C)CC[C@]5(C)[C@H]4CCC23CN1C. The van der Waals surface area contributed by atoms with Gasteiger partial charge in [-0.15, -0.1) is 0 Å². The Hall–Kier alpha value is -0.340. The summed E-state index contributed by atoms with van der Waals surface area (Å²) in [6, 6.07) is 1.60. The fourth-order valence-electron chi connectivity index (χ4n) is 8.88. The molecule has 2 unspecified atom stereocenters. The topological polar surface area (TPSA) is 6.48 Å². The van der Waals surface area contributed by atoms with Crippen LogP contribution in [0.4, 0.5) is 0 Å². The van der Waals surface area contributed by atoms with E-state index in [0.717, 1.165) is 35.8 Å². The Morgan fingerprint density at radius 3 is 2.58 bits per heavy atom. The molecule has 0 aromatic heterocycles. The first kappa shape index (κ1) is 17.7. The number of allylic oxidation sites excluding steroid dienone is 1. The third kappa shape index (κ3) is 2.18. The van der Waals surface area contributed by atoms with E-state index < -0.39 is 0 Å².